The molecule has 1 aromatic carbocycles. The predicted molar refractivity (Wildman–Crippen MR) is 86.9 cm³/mol. The van der Waals surface area contributed by atoms with Gasteiger partial charge >= 0.3 is 0 Å². The average molecular weight is 363 g/mol. The molecule has 6 heteroatoms. The van der Waals surface area contributed by atoms with E-state index in [1.807, 2.05) is 17.0 Å². The van der Waals surface area contributed by atoms with Gasteiger partial charge in [-0.1, -0.05) is 22.9 Å². The Morgan fingerprint density at radius 1 is 1.14 bits per heavy atom. The van der Waals surface area contributed by atoms with Gasteiger partial charge in [-0.2, -0.15) is 0 Å². The largest absolute Gasteiger partial charge is 0.333 e. The third kappa shape index (κ3) is 2.97. The molecule has 0 saturated carbocycles. The number of nitrogens with zero attached hydrogens (tertiary/aromatic N) is 4. The number of aryl methyl sites for hydroxylation is 1. The molecule has 3 rings (SSSR count). The molecule has 0 aliphatic heterocycles. The Kier molecular flexibility index (Phi) is 4.38. The zero-order valence-electron chi connectivity index (χ0n) is 12.2. The van der Waals surface area contributed by atoms with Crippen molar-refractivity contribution in [1.82, 2.24) is 19.1 Å². The molecule has 0 aliphatic carbocycles. The minimum Gasteiger partial charge on any atom is -0.333 e. The van der Waals surface area contributed by atoms with E-state index >= 15 is 0 Å². The van der Waals surface area contributed by atoms with Crippen molar-refractivity contribution in [3.63, 3.8) is 0 Å². The van der Waals surface area contributed by atoms with Gasteiger partial charge in [0.2, 0.25) is 0 Å². The molecule has 3 aromatic rings. The summed E-state index contributed by atoms with van der Waals surface area (Å²) in [7, 11) is 0. The minimum atomic E-state index is -0.278. The molecule has 0 N–H and O–H groups in total. The molecule has 22 heavy (non-hydrogen) atoms. The smallest absolute Gasteiger partial charge is 0.141 e. The van der Waals surface area contributed by atoms with Gasteiger partial charge in [0.05, 0.1) is 6.54 Å². The molecular weight excluding hydrogens is 347 g/mol. The lowest BCUT2D eigenvalue weighted by atomic mass is 10.2. The molecular formula is C16H16BrFN4. The zero-order valence-corrected chi connectivity index (χ0v) is 13.8. The van der Waals surface area contributed by atoms with Crippen molar-refractivity contribution in [2.45, 2.75) is 26.4 Å². The van der Waals surface area contributed by atoms with Crippen LogP contribution in [-0.2, 0) is 13.1 Å². The Morgan fingerprint density at radius 2 is 1.91 bits per heavy atom. The third-order valence-corrected chi connectivity index (χ3v) is 4.15. The van der Waals surface area contributed by atoms with Crippen LogP contribution in [0.1, 0.15) is 19.2 Å². The van der Waals surface area contributed by atoms with Gasteiger partial charge in [0.25, 0.3) is 0 Å². The summed E-state index contributed by atoms with van der Waals surface area (Å²) in [6.45, 7) is 3.67. The predicted octanol–water partition coefficient (Wildman–Crippen LogP) is 4.11. The van der Waals surface area contributed by atoms with E-state index < -0.39 is 0 Å². The van der Waals surface area contributed by atoms with E-state index in [1.165, 1.54) is 12.1 Å². The highest BCUT2D eigenvalue weighted by molar-refractivity contribution is 9.10. The van der Waals surface area contributed by atoms with E-state index in [0.717, 1.165) is 34.7 Å². The first kappa shape index (κ1) is 15.0. The lowest BCUT2D eigenvalue weighted by Crippen LogP contribution is -2.09. The van der Waals surface area contributed by atoms with Crippen LogP contribution in [0, 0.1) is 5.82 Å². The van der Waals surface area contributed by atoms with Gasteiger partial charge in [0, 0.05) is 41.4 Å². The summed E-state index contributed by atoms with van der Waals surface area (Å²) < 4.78 is 18.5. The van der Waals surface area contributed by atoms with Crippen molar-refractivity contribution in [3.8, 4) is 11.4 Å². The number of hydrogen-bond donors (Lipinski definition) is 0. The Labute approximate surface area is 136 Å². The third-order valence-electron chi connectivity index (χ3n) is 3.46. The molecule has 0 spiro atoms. The van der Waals surface area contributed by atoms with Crippen molar-refractivity contribution in [3.05, 3.63) is 59.1 Å². The highest BCUT2D eigenvalue weighted by Crippen LogP contribution is 2.28. The first-order chi connectivity index (χ1) is 10.7. The first-order valence-corrected chi connectivity index (χ1v) is 7.95. The van der Waals surface area contributed by atoms with Crippen molar-refractivity contribution in [2.75, 3.05) is 0 Å². The van der Waals surface area contributed by atoms with Crippen molar-refractivity contribution in [2.24, 2.45) is 0 Å². The topological polar surface area (TPSA) is 35.6 Å². The van der Waals surface area contributed by atoms with Crippen LogP contribution in [0.25, 0.3) is 11.4 Å². The summed E-state index contributed by atoms with van der Waals surface area (Å²) in [6, 6.07) is 4.61. The maximum Gasteiger partial charge on any atom is 0.141 e. The maximum absolute atomic E-state index is 13.5. The summed E-state index contributed by atoms with van der Waals surface area (Å²) in [5.74, 6) is 1.41. The van der Waals surface area contributed by atoms with Gasteiger partial charge < -0.3 is 9.13 Å². The Bertz CT molecular complexity index is 778. The minimum absolute atomic E-state index is 0.278. The molecule has 0 amide bonds. The van der Waals surface area contributed by atoms with Crippen LogP contribution in [0.4, 0.5) is 4.39 Å². The Morgan fingerprint density at radius 3 is 2.73 bits per heavy atom. The Balaban J connectivity index is 1.95. The summed E-state index contributed by atoms with van der Waals surface area (Å²) in [5, 5.41) is 0. The second kappa shape index (κ2) is 6.44. The van der Waals surface area contributed by atoms with Crippen LogP contribution in [0.15, 0.2) is 47.5 Å². The Hall–Kier alpha value is -1.95. The standard InChI is InChI=1S/C16H16BrFN4/c1-2-7-21-8-5-19-15(21)11-22-9-6-20-16(22)13-10-12(18)3-4-14(13)17/h3-6,8-10H,2,7,11H2,1H3. The molecule has 2 aromatic heterocycles. The fourth-order valence-electron chi connectivity index (χ4n) is 2.44. The summed E-state index contributed by atoms with van der Waals surface area (Å²) in [6.07, 6.45) is 8.44. The highest BCUT2D eigenvalue weighted by atomic mass is 79.9. The van der Waals surface area contributed by atoms with E-state index in [9.17, 15) is 4.39 Å². The lowest BCUT2D eigenvalue weighted by Gasteiger charge is -2.11. The van der Waals surface area contributed by atoms with Gasteiger partial charge in [-0.05, 0) is 24.6 Å². The van der Waals surface area contributed by atoms with Crippen LogP contribution in [0.5, 0.6) is 0 Å². The van der Waals surface area contributed by atoms with Crippen LogP contribution in [-0.4, -0.2) is 19.1 Å². The second-order valence-electron chi connectivity index (χ2n) is 5.04. The highest BCUT2D eigenvalue weighted by Gasteiger charge is 2.12. The quantitative estimate of drug-likeness (QED) is 0.684. The molecule has 0 atom stereocenters. The molecule has 0 fully saturated rings. The van der Waals surface area contributed by atoms with E-state index in [2.05, 4.69) is 37.4 Å². The molecule has 4 nitrogen and oxygen atoms in total. The lowest BCUT2D eigenvalue weighted by molar-refractivity contribution is 0.612. The number of imidazole rings is 2. The van der Waals surface area contributed by atoms with Crippen molar-refractivity contribution in [1.29, 1.82) is 0 Å². The molecule has 0 unspecified atom stereocenters. The molecule has 114 valence electrons. The van der Waals surface area contributed by atoms with Crippen LogP contribution in [0.3, 0.4) is 0 Å². The summed E-state index contributed by atoms with van der Waals surface area (Å²) >= 11 is 3.46. The van der Waals surface area contributed by atoms with Gasteiger partial charge in [0.1, 0.15) is 17.5 Å². The monoisotopic (exact) mass is 362 g/mol. The van der Waals surface area contributed by atoms with Crippen LogP contribution in [0.2, 0.25) is 0 Å². The maximum atomic E-state index is 13.5. The van der Waals surface area contributed by atoms with Crippen molar-refractivity contribution < 1.29 is 4.39 Å². The van der Waals surface area contributed by atoms with Crippen LogP contribution >= 0.6 is 15.9 Å². The van der Waals surface area contributed by atoms with E-state index in [4.69, 9.17) is 0 Å². The molecule has 2 heterocycles. The summed E-state index contributed by atoms with van der Waals surface area (Å²) in [4.78, 5) is 8.79. The number of halogens is 2. The SMILES string of the molecule is CCCn1ccnc1Cn1ccnc1-c1cc(F)ccc1Br. The van der Waals surface area contributed by atoms with Crippen molar-refractivity contribution >= 4 is 15.9 Å². The van der Waals surface area contributed by atoms with E-state index in [-0.39, 0.29) is 5.82 Å². The number of rotatable bonds is 5. The number of hydrogen-bond acceptors (Lipinski definition) is 2. The zero-order chi connectivity index (χ0) is 15.5. The summed E-state index contributed by atoms with van der Waals surface area (Å²) in [5.41, 5.74) is 0.735. The number of benzene rings is 1. The molecule has 0 radical (unpaired) electrons. The van der Waals surface area contributed by atoms with E-state index in [0.29, 0.717) is 6.54 Å². The molecule has 0 bridgehead atoms. The number of aromatic nitrogens is 4. The van der Waals surface area contributed by atoms with Crippen LogP contribution < -0.4 is 0 Å². The average Bonchev–Trinajstić information content (AvgIpc) is 3.13. The molecule has 0 aliphatic rings. The second-order valence-corrected chi connectivity index (χ2v) is 5.89. The van der Waals surface area contributed by atoms with Gasteiger partial charge in [-0.15, -0.1) is 0 Å². The first-order valence-electron chi connectivity index (χ1n) is 7.15. The normalized spacial score (nSPS) is 11.0. The van der Waals surface area contributed by atoms with Gasteiger partial charge in [-0.25, -0.2) is 14.4 Å². The fraction of sp³-hybridized carbons (Fsp3) is 0.250. The fourth-order valence-corrected chi connectivity index (χ4v) is 2.86. The molecule has 0 saturated heterocycles. The van der Waals surface area contributed by atoms with Gasteiger partial charge in [-0.3, -0.25) is 0 Å². The van der Waals surface area contributed by atoms with E-state index in [1.54, 1.807) is 18.5 Å². The van der Waals surface area contributed by atoms with Gasteiger partial charge in [0.15, 0.2) is 0 Å².